The number of benzene rings is 1. The molecule has 8 heteroatoms. The lowest BCUT2D eigenvalue weighted by atomic mass is 10.2. The molecule has 0 atom stereocenters. The van der Waals surface area contributed by atoms with Gasteiger partial charge in [0, 0.05) is 26.2 Å². The molecule has 0 bridgehead atoms. The van der Waals surface area contributed by atoms with Gasteiger partial charge in [0.2, 0.25) is 10.0 Å². The van der Waals surface area contributed by atoms with E-state index in [4.69, 9.17) is 4.74 Å². The number of methoxy groups -OCH3 is 1. The number of hydrogen-bond acceptors (Lipinski definition) is 4. The van der Waals surface area contributed by atoms with Crippen LogP contribution < -0.4 is 15.4 Å². The highest BCUT2D eigenvalue weighted by atomic mass is 32.2. The maximum Gasteiger partial charge on any atom is 0.214 e. The fourth-order valence-corrected chi connectivity index (χ4v) is 4.05. The Hall–Kier alpha value is -1.80. The summed E-state index contributed by atoms with van der Waals surface area (Å²) >= 11 is 0. The van der Waals surface area contributed by atoms with E-state index >= 15 is 0 Å². The number of ether oxygens (including phenoxy) is 1. The first-order valence-electron chi connectivity index (χ1n) is 8.18. The highest BCUT2D eigenvalue weighted by molar-refractivity contribution is 7.89. The summed E-state index contributed by atoms with van der Waals surface area (Å²) < 4.78 is 30.3. The summed E-state index contributed by atoms with van der Waals surface area (Å²) in [5.41, 5.74) is 1.05. The second-order valence-electron chi connectivity index (χ2n) is 5.54. The van der Waals surface area contributed by atoms with Gasteiger partial charge in [-0.2, -0.15) is 0 Å². The second-order valence-corrected chi connectivity index (χ2v) is 7.63. The van der Waals surface area contributed by atoms with E-state index in [1.165, 1.54) is 4.31 Å². The van der Waals surface area contributed by atoms with E-state index in [9.17, 15) is 8.42 Å². The van der Waals surface area contributed by atoms with Crippen LogP contribution in [0.1, 0.15) is 18.9 Å². The van der Waals surface area contributed by atoms with Crippen LogP contribution in [0.3, 0.4) is 0 Å². The Kier molecular flexibility index (Phi) is 6.86. The molecule has 0 saturated carbocycles. The van der Waals surface area contributed by atoms with Gasteiger partial charge in [-0.05, 0) is 31.0 Å². The van der Waals surface area contributed by atoms with Crippen molar-refractivity contribution in [3.05, 3.63) is 29.8 Å². The fourth-order valence-electron chi connectivity index (χ4n) is 2.52. The summed E-state index contributed by atoms with van der Waals surface area (Å²) in [4.78, 5) is 4.53. The quantitative estimate of drug-likeness (QED) is 0.559. The SMILES string of the molecule is CCNC(=NCc1cccc(OC)c1)NCCN1CCCS1(=O)=O. The second kappa shape index (κ2) is 8.89. The zero-order valence-corrected chi connectivity index (χ0v) is 15.1. The number of rotatable bonds is 7. The minimum Gasteiger partial charge on any atom is -0.497 e. The number of aliphatic imine (C=N–C) groups is 1. The van der Waals surface area contributed by atoms with Gasteiger partial charge in [0.25, 0.3) is 0 Å². The van der Waals surface area contributed by atoms with Crippen LogP contribution in [0.25, 0.3) is 0 Å². The maximum absolute atomic E-state index is 11.8. The van der Waals surface area contributed by atoms with Crippen molar-refractivity contribution >= 4 is 16.0 Å². The van der Waals surface area contributed by atoms with Crippen molar-refractivity contribution in [2.24, 2.45) is 4.99 Å². The van der Waals surface area contributed by atoms with E-state index in [1.807, 2.05) is 31.2 Å². The molecule has 0 spiro atoms. The van der Waals surface area contributed by atoms with Crippen molar-refractivity contribution in [1.82, 2.24) is 14.9 Å². The van der Waals surface area contributed by atoms with E-state index < -0.39 is 10.0 Å². The molecule has 1 fully saturated rings. The molecular weight excluding hydrogens is 328 g/mol. The standard InChI is InChI=1S/C16H26N4O3S/c1-3-17-16(18-8-10-20-9-5-11-24(20,21)22)19-13-14-6-4-7-15(12-14)23-2/h4,6-7,12H,3,5,8-11,13H2,1-2H3,(H2,17,18,19). The Morgan fingerprint density at radius 1 is 1.38 bits per heavy atom. The van der Waals surface area contributed by atoms with Crippen molar-refractivity contribution in [3.8, 4) is 5.75 Å². The Bertz CT molecular complexity index is 661. The molecule has 0 radical (unpaired) electrons. The van der Waals surface area contributed by atoms with Crippen LogP contribution in [-0.2, 0) is 16.6 Å². The van der Waals surface area contributed by atoms with Crippen LogP contribution in [-0.4, -0.2) is 57.7 Å². The number of nitrogens with zero attached hydrogens (tertiary/aromatic N) is 2. The Labute approximate surface area is 144 Å². The summed E-state index contributed by atoms with van der Waals surface area (Å²) in [6, 6.07) is 7.77. The third-order valence-electron chi connectivity index (χ3n) is 3.75. The van der Waals surface area contributed by atoms with Crippen molar-refractivity contribution in [2.75, 3.05) is 39.0 Å². The van der Waals surface area contributed by atoms with Crippen molar-refractivity contribution in [2.45, 2.75) is 19.9 Å². The van der Waals surface area contributed by atoms with Gasteiger partial charge < -0.3 is 15.4 Å². The Morgan fingerprint density at radius 3 is 2.88 bits per heavy atom. The van der Waals surface area contributed by atoms with Gasteiger partial charge >= 0.3 is 0 Å². The normalized spacial score (nSPS) is 17.7. The van der Waals surface area contributed by atoms with E-state index in [2.05, 4.69) is 15.6 Å². The topological polar surface area (TPSA) is 83.0 Å². The van der Waals surface area contributed by atoms with Crippen molar-refractivity contribution in [1.29, 1.82) is 0 Å². The van der Waals surface area contributed by atoms with E-state index in [0.717, 1.165) is 17.9 Å². The molecule has 0 amide bonds. The summed E-state index contributed by atoms with van der Waals surface area (Å²) in [6.07, 6.45) is 0.715. The van der Waals surface area contributed by atoms with E-state index in [1.54, 1.807) is 7.11 Å². The van der Waals surface area contributed by atoms with E-state index in [0.29, 0.717) is 38.6 Å². The van der Waals surface area contributed by atoms with Gasteiger partial charge in [-0.15, -0.1) is 0 Å². The molecule has 1 aliphatic rings. The lowest BCUT2D eigenvalue weighted by Crippen LogP contribution is -2.42. The maximum atomic E-state index is 11.8. The minimum atomic E-state index is -3.04. The summed E-state index contributed by atoms with van der Waals surface area (Å²) in [5, 5.41) is 6.35. The first-order chi connectivity index (χ1) is 11.5. The van der Waals surface area contributed by atoms with Crippen LogP contribution in [0.5, 0.6) is 5.75 Å². The lowest BCUT2D eigenvalue weighted by Gasteiger charge is -2.16. The molecule has 1 aromatic rings. The summed E-state index contributed by atoms with van der Waals surface area (Å²) in [6.45, 7) is 4.87. The molecule has 134 valence electrons. The monoisotopic (exact) mass is 354 g/mol. The van der Waals surface area contributed by atoms with Gasteiger partial charge in [-0.25, -0.2) is 17.7 Å². The smallest absolute Gasteiger partial charge is 0.214 e. The Balaban J connectivity index is 1.88. The van der Waals surface area contributed by atoms with Crippen molar-refractivity contribution < 1.29 is 13.2 Å². The van der Waals surface area contributed by atoms with Crippen LogP contribution in [0, 0.1) is 0 Å². The van der Waals surface area contributed by atoms with Gasteiger partial charge in [-0.1, -0.05) is 12.1 Å². The first-order valence-corrected chi connectivity index (χ1v) is 9.79. The predicted octanol–water partition coefficient (Wildman–Crippen LogP) is 0.786. The molecular formula is C16H26N4O3S. The third-order valence-corrected chi connectivity index (χ3v) is 5.71. The zero-order chi connectivity index (χ0) is 17.4. The molecule has 24 heavy (non-hydrogen) atoms. The summed E-state index contributed by atoms with van der Waals surface area (Å²) in [7, 11) is -1.40. The molecule has 1 aromatic carbocycles. The molecule has 0 aliphatic carbocycles. The van der Waals surface area contributed by atoms with Gasteiger partial charge in [-0.3, -0.25) is 0 Å². The molecule has 2 N–H and O–H groups in total. The molecule has 2 rings (SSSR count). The largest absolute Gasteiger partial charge is 0.497 e. The Morgan fingerprint density at radius 2 is 2.21 bits per heavy atom. The zero-order valence-electron chi connectivity index (χ0n) is 14.3. The highest BCUT2D eigenvalue weighted by Crippen LogP contribution is 2.13. The number of nitrogens with one attached hydrogen (secondary N) is 2. The number of sulfonamides is 1. The average Bonchev–Trinajstić information content (AvgIpc) is 2.91. The molecule has 7 nitrogen and oxygen atoms in total. The molecule has 1 aliphatic heterocycles. The highest BCUT2D eigenvalue weighted by Gasteiger charge is 2.27. The number of hydrogen-bond donors (Lipinski definition) is 2. The van der Waals surface area contributed by atoms with E-state index in [-0.39, 0.29) is 5.75 Å². The lowest BCUT2D eigenvalue weighted by molar-refractivity contribution is 0.414. The van der Waals surface area contributed by atoms with Gasteiger partial charge in [0.1, 0.15) is 5.75 Å². The van der Waals surface area contributed by atoms with Gasteiger partial charge in [0.15, 0.2) is 5.96 Å². The minimum absolute atomic E-state index is 0.261. The van der Waals surface area contributed by atoms with Crippen LogP contribution in [0.2, 0.25) is 0 Å². The summed E-state index contributed by atoms with van der Waals surface area (Å²) in [5.74, 6) is 1.74. The van der Waals surface area contributed by atoms with Crippen LogP contribution in [0.4, 0.5) is 0 Å². The predicted molar refractivity (Wildman–Crippen MR) is 95.8 cm³/mol. The van der Waals surface area contributed by atoms with Gasteiger partial charge in [0.05, 0.1) is 19.4 Å². The molecule has 1 saturated heterocycles. The molecule has 1 heterocycles. The fraction of sp³-hybridized carbons (Fsp3) is 0.562. The average molecular weight is 354 g/mol. The van der Waals surface area contributed by atoms with Crippen LogP contribution >= 0.6 is 0 Å². The van der Waals surface area contributed by atoms with Crippen LogP contribution in [0.15, 0.2) is 29.3 Å². The third kappa shape index (κ3) is 5.38. The molecule has 0 aromatic heterocycles. The van der Waals surface area contributed by atoms with Crippen molar-refractivity contribution in [3.63, 3.8) is 0 Å². The molecule has 0 unspecified atom stereocenters. The first kappa shape index (κ1) is 18.5. The number of guanidine groups is 1.